The summed E-state index contributed by atoms with van der Waals surface area (Å²) in [5.41, 5.74) is 0.0770. The molecule has 0 saturated carbocycles. The molecule has 0 spiro atoms. The smallest absolute Gasteiger partial charge is 0.0735 e. The summed E-state index contributed by atoms with van der Waals surface area (Å²) in [5.74, 6) is 0. The van der Waals surface area contributed by atoms with Crippen LogP contribution in [-0.4, -0.2) is 23.4 Å². The van der Waals surface area contributed by atoms with Crippen molar-refractivity contribution in [1.82, 2.24) is 0 Å². The largest absolute Gasteiger partial charge is 0.389 e. The summed E-state index contributed by atoms with van der Waals surface area (Å²) in [6.45, 7) is 2.66. The number of hydrogen-bond donors (Lipinski definition) is 1. The van der Waals surface area contributed by atoms with Crippen molar-refractivity contribution < 1.29 is 9.84 Å². The Morgan fingerprint density at radius 1 is 1.39 bits per heavy atom. The average molecular weight is 289 g/mol. The topological polar surface area (TPSA) is 29.5 Å². The van der Waals surface area contributed by atoms with Gasteiger partial charge in [-0.05, 0) is 30.5 Å². The van der Waals surface area contributed by atoms with E-state index in [0.717, 1.165) is 12.0 Å². The molecule has 0 bridgehead atoms. The van der Waals surface area contributed by atoms with E-state index in [2.05, 4.69) is 6.92 Å². The minimum atomic E-state index is -0.756. The van der Waals surface area contributed by atoms with Gasteiger partial charge in [-0.2, -0.15) is 0 Å². The van der Waals surface area contributed by atoms with Gasteiger partial charge in [0.05, 0.1) is 11.7 Å². The maximum Gasteiger partial charge on any atom is 0.0735 e. The van der Waals surface area contributed by atoms with Gasteiger partial charge in [0.25, 0.3) is 0 Å². The van der Waals surface area contributed by atoms with Gasteiger partial charge in [-0.25, -0.2) is 0 Å². The Labute approximate surface area is 118 Å². The van der Waals surface area contributed by atoms with E-state index in [-0.39, 0.29) is 6.10 Å². The third kappa shape index (κ3) is 3.18. The van der Waals surface area contributed by atoms with Gasteiger partial charge in [-0.15, -0.1) is 0 Å². The number of hydrogen-bond acceptors (Lipinski definition) is 2. The number of rotatable bonds is 3. The summed E-state index contributed by atoms with van der Waals surface area (Å²) in [7, 11) is 0. The van der Waals surface area contributed by atoms with Crippen LogP contribution in [0.1, 0.15) is 31.7 Å². The van der Waals surface area contributed by atoms with E-state index < -0.39 is 5.60 Å². The van der Waals surface area contributed by atoms with E-state index in [0.29, 0.717) is 35.9 Å². The van der Waals surface area contributed by atoms with Crippen molar-refractivity contribution in [2.24, 2.45) is 0 Å². The first-order valence-electron chi connectivity index (χ1n) is 6.31. The molecule has 100 valence electrons. The highest BCUT2D eigenvalue weighted by Crippen LogP contribution is 2.34. The van der Waals surface area contributed by atoms with Crippen LogP contribution in [0.25, 0.3) is 0 Å². The SMILES string of the molecule is CCC1CC(O)(Cc2c(Cl)cccc2Cl)CCO1. The van der Waals surface area contributed by atoms with Gasteiger partial charge in [-0.1, -0.05) is 36.2 Å². The van der Waals surface area contributed by atoms with E-state index >= 15 is 0 Å². The summed E-state index contributed by atoms with van der Waals surface area (Å²) in [4.78, 5) is 0. The molecule has 1 fully saturated rings. The van der Waals surface area contributed by atoms with E-state index in [4.69, 9.17) is 27.9 Å². The van der Waals surface area contributed by atoms with E-state index in [1.807, 2.05) is 18.2 Å². The van der Waals surface area contributed by atoms with Crippen molar-refractivity contribution in [1.29, 1.82) is 0 Å². The molecule has 2 nitrogen and oxygen atoms in total. The van der Waals surface area contributed by atoms with Crippen LogP contribution in [0.15, 0.2) is 18.2 Å². The quantitative estimate of drug-likeness (QED) is 0.915. The lowest BCUT2D eigenvalue weighted by Crippen LogP contribution is -2.42. The molecule has 1 aromatic rings. The van der Waals surface area contributed by atoms with Gasteiger partial charge in [0.1, 0.15) is 0 Å². The van der Waals surface area contributed by atoms with Crippen LogP contribution in [0.2, 0.25) is 10.0 Å². The Hall–Kier alpha value is -0.280. The van der Waals surface area contributed by atoms with Crippen LogP contribution < -0.4 is 0 Å². The third-order valence-corrected chi connectivity index (χ3v) is 4.26. The van der Waals surface area contributed by atoms with Gasteiger partial charge in [-0.3, -0.25) is 0 Å². The molecule has 1 aliphatic rings. The lowest BCUT2D eigenvalue weighted by atomic mass is 9.84. The first-order chi connectivity index (χ1) is 8.54. The molecule has 1 N–H and O–H groups in total. The molecular weight excluding hydrogens is 271 g/mol. The predicted molar refractivity (Wildman–Crippen MR) is 74.4 cm³/mol. The molecule has 0 aromatic heterocycles. The van der Waals surface area contributed by atoms with Crippen molar-refractivity contribution in [3.63, 3.8) is 0 Å². The normalized spacial score (nSPS) is 28.3. The van der Waals surface area contributed by atoms with Crippen LogP contribution in [0.3, 0.4) is 0 Å². The second kappa shape index (κ2) is 5.79. The molecule has 0 aliphatic carbocycles. The fourth-order valence-electron chi connectivity index (χ4n) is 2.45. The zero-order valence-corrected chi connectivity index (χ0v) is 12.0. The monoisotopic (exact) mass is 288 g/mol. The zero-order chi connectivity index (χ0) is 13.2. The highest BCUT2D eigenvalue weighted by atomic mass is 35.5. The highest BCUT2D eigenvalue weighted by molar-refractivity contribution is 6.36. The Morgan fingerprint density at radius 2 is 2.06 bits per heavy atom. The maximum atomic E-state index is 10.7. The Balaban J connectivity index is 2.17. The van der Waals surface area contributed by atoms with Gasteiger partial charge in [0.2, 0.25) is 0 Å². The maximum absolute atomic E-state index is 10.7. The Kier molecular flexibility index (Phi) is 4.54. The summed E-state index contributed by atoms with van der Waals surface area (Å²) in [5, 5.41) is 11.9. The number of ether oxygens (including phenoxy) is 1. The zero-order valence-electron chi connectivity index (χ0n) is 10.5. The van der Waals surface area contributed by atoms with Gasteiger partial charge in [0.15, 0.2) is 0 Å². The summed E-state index contributed by atoms with van der Waals surface area (Å²) < 4.78 is 5.59. The van der Waals surface area contributed by atoms with Crippen molar-refractivity contribution in [3.05, 3.63) is 33.8 Å². The number of aliphatic hydroxyl groups is 1. The van der Waals surface area contributed by atoms with Crippen molar-refractivity contribution >= 4 is 23.2 Å². The number of benzene rings is 1. The van der Waals surface area contributed by atoms with Gasteiger partial charge >= 0.3 is 0 Å². The Morgan fingerprint density at radius 3 is 2.67 bits per heavy atom. The second-order valence-corrected chi connectivity index (χ2v) is 5.77. The fourth-order valence-corrected chi connectivity index (χ4v) is 2.98. The third-order valence-electron chi connectivity index (χ3n) is 3.55. The average Bonchev–Trinajstić information content (AvgIpc) is 2.34. The molecule has 2 rings (SSSR count). The summed E-state index contributed by atoms with van der Waals surface area (Å²) >= 11 is 12.3. The summed E-state index contributed by atoms with van der Waals surface area (Å²) in [6.07, 6.45) is 2.81. The van der Waals surface area contributed by atoms with Gasteiger partial charge in [0, 0.05) is 29.5 Å². The minimum Gasteiger partial charge on any atom is -0.389 e. The van der Waals surface area contributed by atoms with E-state index in [1.165, 1.54) is 0 Å². The van der Waals surface area contributed by atoms with Crippen LogP contribution in [0.5, 0.6) is 0 Å². The minimum absolute atomic E-state index is 0.130. The molecule has 1 aromatic carbocycles. The number of halogens is 2. The standard InChI is InChI=1S/C14H18Cl2O2/c1-2-10-8-14(17,6-7-18-10)9-11-12(15)4-3-5-13(11)16/h3-5,10,17H,2,6-9H2,1H3. The van der Waals surface area contributed by atoms with E-state index in [1.54, 1.807) is 0 Å². The van der Waals surface area contributed by atoms with Crippen molar-refractivity contribution in [2.45, 2.75) is 44.3 Å². The van der Waals surface area contributed by atoms with Crippen LogP contribution in [-0.2, 0) is 11.2 Å². The molecule has 2 atom stereocenters. The second-order valence-electron chi connectivity index (χ2n) is 4.96. The lowest BCUT2D eigenvalue weighted by Gasteiger charge is -2.37. The van der Waals surface area contributed by atoms with Crippen LogP contribution >= 0.6 is 23.2 Å². The Bertz CT molecular complexity index is 402. The molecule has 0 amide bonds. The van der Waals surface area contributed by atoms with E-state index in [9.17, 15) is 5.11 Å². The summed E-state index contributed by atoms with van der Waals surface area (Å²) in [6, 6.07) is 5.43. The molecular formula is C14H18Cl2O2. The first kappa shape index (κ1) is 14.1. The molecule has 18 heavy (non-hydrogen) atoms. The fraction of sp³-hybridized carbons (Fsp3) is 0.571. The lowest BCUT2D eigenvalue weighted by molar-refractivity contribution is -0.103. The van der Waals surface area contributed by atoms with Crippen molar-refractivity contribution in [2.75, 3.05) is 6.61 Å². The molecule has 0 radical (unpaired) electrons. The first-order valence-corrected chi connectivity index (χ1v) is 7.06. The van der Waals surface area contributed by atoms with Crippen LogP contribution in [0.4, 0.5) is 0 Å². The molecule has 1 heterocycles. The molecule has 2 unspecified atom stereocenters. The highest BCUT2D eigenvalue weighted by Gasteiger charge is 2.35. The van der Waals surface area contributed by atoms with Gasteiger partial charge < -0.3 is 9.84 Å². The molecule has 1 aliphatic heterocycles. The molecule has 1 saturated heterocycles. The van der Waals surface area contributed by atoms with Crippen LogP contribution in [0, 0.1) is 0 Å². The molecule has 4 heteroatoms. The predicted octanol–water partition coefficient (Wildman–Crippen LogP) is 3.86. The van der Waals surface area contributed by atoms with Crippen molar-refractivity contribution in [3.8, 4) is 0 Å².